The maximum Gasteiger partial charge on any atom is 0.414 e. The van der Waals surface area contributed by atoms with Crippen molar-refractivity contribution in [1.29, 1.82) is 0 Å². The van der Waals surface area contributed by atoms with E-state index in [1.54, 1.807) is 24.0 Å². The van der Waals surface area contributed by atoms with Gasteiger partial charge in [0.1, 0.15) is 11.9 Å². The topological polar surface area (TPSA) is 53.1 Å². The summed E-state index contributed by atoms with van der Waals surface area (Å²) >= 11 is 0. The van der Waals surface area contributed by atoms with Crippen LogP contribution in [-0.2, 0) is 9.53 Å². The molecule has 3 rings (SSSR count). The van der Waals surface area contributed by atoms with Gasteiger partial charge in [0.2, 0.25) is 5.91 Å². The van der Waals surface area contributed by atoms with Crippen LogP contribution < -0.4 is 9.80 Å². The van der Waals surface area contributed by atoms with Crippen LogP contribution >= 0.6 is 0 Å². The standard InChI is InChI=1S/C17H22FN3O3/c1-3-14-11-21(17(23)24-14)13-4-5-16(15(18)10-13)20-8-6-19(7-9-20)12(2)22/h4-5,10,14H,3,6-9,11H2,1-2H3. The number of anilines is 2. The van der Waals surface area contributed by atoms with Crippen LogP contribution in [0.1, 0.15) is 20.3 Å². The normalized spacial score (nSPS) is 21.2. The molecule has 2 saturated heterocycles. The summed E-state index contributed by atoms with van der Waals surface area (Å²) in [6, 6.07) is 4.82. The predicted octanol–water partition coefficient (Wildman–Crippen LogP) is 2.23. The first-order chi connectivity index (χ1) is 11.5. The largest absolute Gasteiger partial charge is 0.444 e. The minimum Gasteiger partial charge on any atom is -0.444 e. The number of piperazine rings is 1. The summed E-state index contributed by atoms with van der Waals surface area (Å²) in [5.41, 5.74) is 1.01. The fraction of sp³-hybridized carbons (Fsp3) is 0.529. The van der Waals surface area contributed by atoms with Gasteiger partial charge in [0.25, 0.3) is 0 Å². The fourth-order valence-electron chi connectivity index (χ4n) is 3.13. The molecule has 6 nitrogen and oxygen atoms in total. The van der Waals surface area contributed by atoms with E-state index >= 15 is 0 Å². The summed E-state index contributed by atoms with van der Waals surface area (Å²) < 4.78 is 19.8. The van der Waals surface area contributed by atoms with Crippen molar-refractivity contribution < 1.29 is 18.7 Å². The molecule has 0 radical (unpaired) electrons. The number of hydrogen-bond donors (Lipinski definition) is 0. The molecule has 0 bridgehead atoms. The Kier molecular flexibility index (Phi) is 4.59. The maximum atomic E-state index is 14.5. The monoisotopic (exact) mass is 335 g/mol. The van der Waals surface area contributed by atoms with E-state index in [0.717, 1.165) is 6.42 Å². The zero-order valence-electron chi connectivity index (χ0n) is 14.0. The molecule has 130 valence electrons. The minimum atomic E-state index is -0.427. The Bertz CT molecular complexity index is 644. The molecule has 0 aliphatic carbocycles. The van der Waals surface area contributed by atoms with Gasteiger partial charge in [-0.3, -0.25) is 9.69 Å². The molecular formula is C17H22FN3O3. The van der Waals surface area contributed by atoms with Gasteiger partial charge in [-0.05, 0) is 24.6 Å². The zero-order valence-corrected chi connectivity index (χ0v) is 14.0. The van der Waals surface area contributed by atoms with Crippen molar-refractivity contribution >= 4 is 23.4 Å². The highest BCUT2D eigenvalue weighted by molar-refractivity contribution is 5.90. The number of carbonyl (C=O) groups is 2. The molecule has 24 heavy (non-hydrogen) atoms. The third kappa shape index (κ3) is 3.16. The molecule has 7 heteroatoms. The smallest absolute Gasteiger partial charge is 0.414 e. The van der Waals surface area contributed by atoms with Crippen molar-refractivity contribution in [3.8, 4) is 0 Å². The lowest BCUT2D eigenvalue weighted by Crippen LogP contribution is -2.48. The van der Waals surface area contributed by atoms with E-state index < -0.39 is 6.09 Å². The summed E-state index contributed by atoms with van der Waals surface area (Å²) in [5.74, 6) is -0.319. The Morgan fingerprint density at radius 2 is 2.00 bits per heavy atom. The molecule has 2 heterocycles. The first-order valence-corrected chi connectivity index (χ1v) is 8.27. The van der Waals surface area contributed by atoms with E-state index in [0.29, 0.717) is 44.1 Å². The molecular weight excluding hydrogens is 313 g/mol. The lowest BCUT2D eigenvalue weighted by molar-refractivity contribution is -0.129. The molecule has 1 atom stereocenters. The quantitative estimate of drug-likeness (QED) is 0.850. The van der Waals surface area contributed by atoms with Gasteiger partial charge in [-0.15, -0.1) is 0 Å². The van der Waals surface area contributed by atoms with Crippen molar-refractivity contribution in [3.63, 3.8) is 0 Å². The lowest BCUT2D eigenvalue weighted by atomic mass is 10.2. The van der Waals surface area contributed by atoms with Crippen LogP contribution in [0.4, 0.5) is 20.6 Å². The number of ether oxygens (including phenoxy) is 1. The highest BCUT2D eigenvalue weighted by Crippen LogP contribution is 2.29. The van der Waals surface area contributed by atoms with Crippen LogP contribution in [0.2, 0.25) is 0 Å². The highest BCUT2D eigenvalue weighted by Gasteiger charge is 2.31. The second-order valence-electron chi connectivity index (χ2n) is 6.15. The Morgan fingerprint density at radius 1 is 1.29 bits per heavy atom. The average Bonchev–Trinajstić information content (AvgIpc) is 2.96. The third-order valence-corrected chi connectivity index (χ3v) is 4.64. The van der Waals surface area contributed by atoms with Crippen molar-refractivity contribution in [2.24, 2.45) is 0 Å². The number of amides is 2. The SMILES string of the molecule is CCC1CN(c2ccc(N3CCN(C(C)=O)CC3)c(F)c2)C(=O)O1. The number of halogens is 1. The molecule has 0 aromatic heterocycles. The van der Waals surface area contributed by atoms with Crippen molar-refractivity contribution in [2.75, 3.05) is 42.5 Å². The van der Waals surface area contributed by atoms with Gasteiger partial charge in [-0.1, -0.05) is 6.92 Å². The van der Waals surface area contributed by atoms with Crippen LogP contribution in [0, 0.1) is 5.82 Å². The zero-order chi connectivity index (χ0) is 17.3. The molecule has 0 N–H and O–H groups in total. The van der Waals surface area contributed by atoms with E-state index in [1.165, 1.54) is 11.0 Å². The highest BCUT2D eigenvalue weighted by atomic mass is 19.1. The Hall–Kier alpha value is -2.31. The first-order valence-electron chi connectivity index (χ1n) is 8.27. The van der Waals surface area contributed by atoms with Crippen molar-refractivity contribution in [1.82, 2.24) is 4.90 Å². The van der Waals surface area contributed by atoms with Gasteiger partial charge in [-0.25, -0.2) is 9.18 Å². The molecule has 2 aliphatic rings. The van der Waals surface area contributed by atoms with Gasteiger partial charge in [0.15, 0.2) is 0 Å². The van der Waals surface area contributed by atoms with E-state index in [1.807, 2.05) is 11.8 Å². The summed E-state index contributed by atoms with van der Waals surface area (Å²) in [5, 5.41) is 0. The van der Waals surface area contributed by atoms with E-state index in [-0.39, 0.29) is 17.8 Å². The first kappa shape index (κ1) is 16.5. The van der Waals surface area contributed by atoms with Gasteiger partial charge in [0, 0.05) is 33.1 Å². The molecule has 2 aliphatic heterocycles. The van der Waals surface area contributed by atoms with Crippen molar-refractivity contribution in [2.45, 2.75) is 26.4 Å². The number of rotatable bonds is 3. The summed E-state index contributed by atoms with van der Waals surface area (Å²) in [6.45, 7) is 6.32. The molecule has 1 aromatic rings. The Labute approximate surface area is 140 Å². The molecule has 1 aromatic carbocycles. The second-order valence-corrected chi connectivity index (χ2v) is 6.15. The summed E-state index contributed by atoms with van der Waals surface area (Å²) in [6.07, 6.45) is 0.174. The number of nitrogens with zero attached hydrogens (tertiary/aromatic N) is 3. The Morgan fingerprint density at radius 3 is 2.54 bits per heavy atom. The molecule has 2 fully saturated rings. The lowest BCUT2D eigenvalue weighted by Gasteiger charge is -2.35. The summed E-state index contributed by atoms with van der Waals surface area (Å²) in [7, 11) is 0. The average molecular weight is 335 g/mol. The number of carbonyl (C=O) groups excluding carboxylic acids is 2. The van der Waals surface area contributed by atoms with Crippen LogP contribution in [0.15, 0.2) is 18.2 Å². The minimum absolute atomic E-state index is 0.0449. The van der Waals surface area contributed by atoms with Crippen LogP contribution in [-0.4, -0.2) is 55.7 Å². The predicted molar refractivity (Wildman–Crippen MR) is 88.8 cm³/mol. The van der Waals surface area contributed by atoms with E-state index in [9.17, 15) is 14.0 Å². The van der Waals surface area contributed by atoms with Crippen LogP contribution in [0.5, 0.6) is 0 Å². The number of cyclic esters (lactones) is 1. The van der Waals surface area contributed by atoms with Crippen molar-refractivity contribution in [3.05, 3.63) is 24.0 Å². The van der Waals surface area contributed by atoms with Gasteiger partial charge >= 0.3 is 6.09 Å². The number of benzene rings is 1. The Balaban J connectivity index is 1.72. The van der Waals surface area contributed by atoms with Crippen LogP contribution in [0.3, 0.4) is 0 Å². The summed E-state index contributed by atoms with van der Waals surface area (Å²) in [4.78, 5) is 28.4. The number of hydrogen-bond acceptors (Lipinski definition) is 4. The third-order valence-electron chi connectivity index (χ3n) is 4.64. The van der Waals surface area contributed by atoms with Gasteiger partial charge in [0.05, 0.1) is 17.9 Å². The fourth-order valence-corrected chi connectivity index (χ4v) is 3.13. The van der Waals surface area contributed by atoms with Gasteiger partial charge in [-0.2, -0.15) is 0 Å². The maximum absolute atomic E-state index is 14.5. The van der Waals surface area contributed by atoms with Crippen LogP contribution in [0.25, 0.3) is 0 Å². The van der Waals surface area contributed by atoms with E-state index in [2.05, 4.69) is 0 Å². The molecule has 0 saturated carbocycles. The molecule has 2 amide bonds. The van der Waals surface area contributed by atoms with Gasteiger partial charge < -0.3 is 14.5 Å². The second kappa shape index (κ2) is 6.67. The molecule has 0 spiro atoms. The van der Waals surface area contributed by atoms with E-state index in [4.69, 9.17) is 4.74 Å². The molecule has 1 unspecified atom stereocenters.